The Morgan fingerprint density at radius 1 is 0.953 bits per heavy atom. The summed E-state index contributed by atoms with van der Waals surface area (Å²) in [6, 6.07) is 20.2. The number of aromatic nitrogens is 3. The zero-order valence-corrected chi connectivity index (χ0v) is 38.2. The molecular weight excluding hydrogens is 881 g/mol. The standard InChI is InChI=1S/C47H52Cl2FN7O6S/c1-46(2)13-12-32(38(24-46)31-6-8-33(48)9-7-31)27-55-18-20-57(21-19-55)34-10-11-37(43(22-34)63-42-5-3-4-41-39(42)26-52-53-41)44(58)54-64(59,60)36-23-40(49)45(51-25-36)62-30-47(50)14-16-56(17-15-47)35-28-61-29-35/h3-11,22-23,25-26,35H,12-21,24,27-30H2,1-2H3,(H,52,53)(H,54,58). The first kappa shape index (κ1) is 44.4. The summed E-state index contributed by atoms with van der Waals surface area (Å²) in [5.41, 5.74) is 4.33. The summed E-state index contributed by atoms with van der Waals surface area (Å²) < 4.78 is 62.6. The lowest BCUT2D eigenvalue weighted by Crippen LogP contribution is -2.55. The van der Waals surface area contributed by atoms with E-state index in [0.717, 1.165) is 80.5 Å². The van der Waals surface area contributed by atoms with E-state index < -0.39 is 21.6 Å². The molecule has 9 rings (SSSR count). The number of pyridine rings is 1. The van der Waals surface area contributed by atoms with Crippen LogP contribution in [0.2, 0.25) is 10.0 Å². The molecule has 2 aromatic heterocycles. The van der Waals surface area contributed by atoms with E-state index >= 15 is 4.39 Å². The number of sulfonamides is 1. The van der Waals surface area contributed by atoms with Gasteiger partial charge in [0.2, 0.25) is 5.88 Å². The molecule has 64 heavy (non-hydrogen) atoms. The van der Waals surface area contributed by atoms with Gasteiger partial charge in [0, 0.05) is 62.6 Å². The molecule has 5 heterocycles. The fourth-order valence-electron chi connectivity index (χ4n) is 8.99. The monoisotopic (exact) mass is 931 g/mol. The van der Waals surface area contributed by atoms with Crippen LogP contribution in [0.3, 0.4) is 0 Å². The summed E-state index contributed by atoms with van der Waals surface area (Å²) in [4.78, 5) is 24.7. The van der Waals surface area contributed by atoms with Gasteiger partial charge in [0.15, 0.2) is 0 Å². The molecule has 5 aromatic rings. The summed E-state index contributed by atoms with van der Waals surface area (Å²) in [5.74, 6) is -0.416. The van der Waals surface area contributed by atoms with Gasteiger partial charge in [0.1, 0.15) is 33.7 Å². The Bertz CT molecular complexity index is 2660. The molecule has 2 N–H and O–H groups in total. The first-order valence-electron chi connectivity index (χ1n) is 21.8. The molecule has 0 atom stereocenters. The van der Waals surface area contributed by atoms with Crippen LogP contribution in [0.1, 0.15) is 61.9 Å². The highest BCUT2D eigenvalue weighted by molar-refractivity contribution is 7.90. The number of amides is 1. The number of carbonyl (C=O) groups excluding carboxylic acids is 1. The van der Waals surface area contributed by atoms with Crippen LogP contribution in [-0.2, 0) is 14.8 Å². The Labute approximate surface area is 382 Å². The normalized spacial score (nSPS) is 19.7. The van der Waals surface area contributed by atoms with Crippen LogP contribution < -0.4 is 19.1 Å². The molecule has 1 aliphatic carbocycles. The van der Waals surface area contributed by atoms with Gasteiger partial charge in [-0.1, -0.05) is 60.8 Å². The summed E-state index contributed by atoms with van der Waals surface area (Å²) in [5, 5.41) is 8.36. The summed E-state index contributed by atoms with van der Waals surface area (Å²) in [7, 11) is -4.49. The van der Waals surface area contributed by atoms with Crippen LogP contribution in [0.15, 0.2) is 89.6 Å². The number of hydrogen-bond donors (Lipinski definition) is 2. The molecule has 17 heteroatoms. The molecule has 3 aromatic carbocycles. The number of likely N-dealkylation sites (tertiary alicyclic amines) is 1. The molecule has 3 aliphatic heterocycles. The molecule has 0 spiro atoms. The van der Waals surface area contributed by atoms with E-state index in [-0.39, 0.29) is 52.0 Å². The van der Waals surface area contributed by atoms with Gasteiger partial charge in [-0.15, -0.1) is 0 Å². The third-order valence-corrected chi connectivity index (χ3v) is 14.8. The Kier molecular flexibility index (Phi) is 12.7. The number of rotatable bonds is 13. The zero-order chi connectivity index (χ0) is 44.6. The van der Waals surface area contributed by atoms with Gasteiger partial charge >= 0.3 is 0 Å². The maximum atomic E-state index is 15.6. The number of nitrogens with one attached hydrogen (secondary N) is 2. The van der Waals surface area contributed by atoms with Gasteiger partial charge in [-0.2, -0.15) is 5.10 Å². The first-order valence-corrected chi connectivity index (χ1v) is 24.0. The third kappa shape index (κ3) is 9.89. The second-order valence-electron chi connectivity index (χ2n) is 18.1. The van der Waals surface area contributed by atoms with E-state index in [1.807, 2.05) is 18.2 Å². The van der Waals surface area contributed by atoms with E-state index in [0.29, 0.717) is 43.5 Å². The molecule has 13 nitrogen and oxygen atoms in total. The number of alkyl halides is 1. The number of anilines is 1. The number of benzene rings is 3. The quantitative estimate of drug-likeness (QED) is 0.117. The van der Waals surface area contributed by atoms with Gasteiger partial charge in [-0.25, -0.2) is 22.5 Å². The van der Waals surface area contributed by atoms with Crippen molar-refractivity contribution >= 4 is 61.3 Å². The Morgan fingerprint density at radius 3 is 2.44 bits per heavy atom. The number of carbonyl (C=O) groups is 1. The highest BCUT2D eigenvalue weighted by Crippen LogP contribution is 2.44. The topological polar surface area (TPSA) is 142 Å². The maximum Gasteiger partial charge on any atom is 0.268 e. The van der Waals surface area contributed by atoms with Gasteiger partial charge in [-0.3, -0.25) is 19.7 Å². The molecule has 0 bridgehead atoms. The van der Waals surface area contributed by atoms with Gasteiger partial charge in [0.05, 0.1) is 48.1 Å². The molecule has 0 saturated carbocycles. The van der Waals surface area contributed by atoms with Crippen LogP contribution in [0.25, 0.3) is 16.5 Å². The number of fused-ring (bicyclic) bond motifs is 1. The lowest BCUT2D eigenvalue weighted by atomic mass is 9.72. The minimum absolute atomic E-state index is 0.00326. The number of ether oxygens (including phenoxy) is 3. The van der Waals surface area contributed by atoms with Crippen molar-refractivity contribution in [2.45, 2.75) is 62.6 Å². The first-order chi connectivity index (χ1) is 30.7. The van der Waals surface area contributed by atoms with E-state index in [2.05, 4.69) is 60.6 Å². The predicted octanol–water partition coefficient (Wildman–Crippen LogP) is 8.54. The fraction of sp³-hybridized carbons (Fsp3) is 0.426. The number of piperazine rings is 1. The van der Waals surface area contributed by atoms with Crippen molar-refractivity contribution in [2.75, 3.05) is 70.5 Å². The van der Waals surface area contributed by atoms with Gasteiger partial charge in [0.25, 0.3) is 15.9 Å². The minimum atomic E-state index is -4.49. The van der Waals surface area contributed by atoms with Gasteiger partial charge < -0.3 is 19.1 Å². The summed E-state index contributed by atoms with van der Waals surface area (Å²) in [6.07, 6.45) is 6.44. The zero-order valence-electron chi connectivity index (χ0n) is 35.9. The van der Waals surface area contributed by atoms with Crippen molar-refractivity contribution in [3.63, 3.8) is 0 Å². The highest BCUT2D eigenvalue weighted by atomic mass is 35.5. The van der Waals surface area contributed by atoms with Crippen LogP contribution in [0.5, 0.6) is 17.4 Å². The number of H-pyrrole nitrogens is 1. The number of nitrogens with zero attached hydrogens (tertiary/aromatic N) is 5. The lowest BCUT2D eigenvalue weighted by Gasteiger charge is -2.43. The van der Waals surface area contributed by atoms with Crippen molar-refractivity contribution in [2.24, 2.45) is 5.41 Å². The predicted molar refractivity (Wildman–Crippen MR) is 246 cm³/mol. The van der Waals surface area contributed by atoms with Crippen molar-refractivity contribution in [1.82, 2.24) is 29.7 Å². The van der Waals surface area contributed by atoms with Crippen molar-refractivity contribution in [3.05, 3.63) is 106 Å². The molecular formula is C47H52Cl2FN7O6S. The minimum Gasteiger partial charge on any atom is -0.473 e. The summed E-state index contributed by atoms with van der Waals surface area (Å²) in [6.45, 7) is 10.9. The lowest BCUT2D eigenvalue weighted by molar-refractivity contribution is -0.0892. The highest BCUT2D eigenvalue weighted by Gasteiger charge is 2.39. The number of aromatic amines is 1. The number of allylic oxidation sites excluding steroid dienone is 1. The average molecular weight is 933 g/mol. The molecule has 0 radical (unpaired) electrons. The molecule has 0 unspecified atom stereocenters. The van der Waals surface area contributed by atoms with E-state index in [1.165, 1.54) is 16.7 Å². The molecule has 4 aliphatic rings. The van der Waals surface area contributed by atoms with Crippen molar-refractivity contribution in [1.29, 1.82) is 0 Å². The third-order valence-electron chi connectivity index (χ3n) is 13.0. The molecule has 3 fully saturated rings. The number of halogens is 3. The average Bonchev–Trinajstić information content (AvgIpc) is 3.75. The molecule has 3 saturated heterocycles. The SMILES string of the molecule is CC1(C)CCC(CN2CCN(c3ccc(C(=O)NS(=O)(=O)c4cnc(OCC5(F)CCN(C6COC6)CC5)c(Cl)c4)c(Oc4cccc5[nH]ncc45)c3)CC2)=C(c2ccc(Cl)cc2)C1. The Balaban J connectivity index is 0.892. The largest absolute Gasteiger partial charge is 0.473 e. The molecule has 1 amide bonds. The van der Waals surface area contributed by atoms with E-state index in [1.54, 1.807) is 36.5 Å². The molecule has 338 valence electrons. The summed E-state index contributed by atoms with van der Waals surface area (Å²) >= 11 is 12.7. The van der Waals surface area contributed by atoms with Crippen LogP contribution in [0, 0.1) is 5.41 Å². The van der Waals surface area contributed by atoms with Crippen molar-refractivity contribution in [3.8, 4) is 17.4 Å². The second kappa shape index (κ2) is 18.2. The smallest absolute Gasteiger partial charge is 0.268 e. The Hall–Kier alpha value is -4.77. The maximum absolute atomic E-state index is 15.6. The van der Waals surface area contributed by atoms with Crippen LogP contribution in [0.4, 0.5) is 10.1 Å². The van der Waals surface area contributed by atoms with E-state index in [4.69, 9.17) is 37.4 Å². The second-order valence-corrected chi connectivity index (χ2v) is 20.6. The fourth-order valence-corrected chi connectivity index (χ4v) is 10.3. The number of piperidine rings is 1. The van der Waals surface area contributed by atoms with Gasteiger partial charge in [-0.05, 0) is 91.1 Å². The van der Waals surface area contributed by atoms with Crippen LogP contribution >= 0.6 is 23.2 Å². The number of hydrogen-bond acceptors (Lipinski definition) is 11. The van der Waals surface area contributed by atoms with Crippen LogP contribution in [-0.4, -0.2) is 117 Å². The van der Waals surface area contributed by atoms with Crippen molar-refractivity contribution < 1.29 is 31.8 Å². The van der Waals surface area contributed by atoms with E-state index in [9.17, 15) is 13.2 Å². The Morgan fingerprint density at radius 2 is 1.72 bits per heavy atom.